The van der Waals surface area contributed by atoms with Crippen molar-refractivity contribution in [3.8, 4) is 0 Å². The zero-order chi connectivity index (χ0) is 13.5. The van der Waals surface area contributed by atoms with Gasteiger partial charge in [0.1, 0.15) is 5.82 Å². The smallest absolute Gasteiger partial charge is 0.257 e. The molecule has 2 bridgehead atoms. The van der Waals surface area contributed by atoms with E-state index in [0.29, 0.717) is 24.3 Å². The molecule has 2 fully saturated rings. The number of fused-ring (bicyclic) bond motifs is 2. The van der Waals surface area contributed by atoms with Crippen LogP contribution in [0.2, 0.25) is 0 Å². The molecule has 0 aliphatic carbocycles. The van der Waals surface area contributed by atoms with E-state index in [0.717, 1.165) is 25.7 Å². The highest BCUT2D eigenvalue weighted by Gasteiger charge is 2.35. The third-order valence-corrected chi connectivity index (χ3v) is 5.45. The highest BCUT2D eigenvalue weighted by atomic mass is 32.2. The van der Waals surface area contributed by atoms with Crippen LogP contribution in [0.3, 0.4) is 0 Å². The normalized spacial score (nSPS) is 30.7. The van der Waals surface area contributed by atoms with E-state index >= 15 is 0 Å². The number of nitrogens with zero attached hydrogens (tertiary/aromatic N) is 1. The first-order valence-corrected chi connectivity index (χ1v) is 8.37. The molecule has 6 nitrogen and oxygen atoms in total. The molecule has 3 N–H and O–H groups in total. The monoisotopic (exact) mass is 284 g/mol. The molecule has 0 radical (unpaired) electrons. The SMILES string of the molecule is CCc1ncc(S(=O)(=O)NC2CC3CCC(C2)N3)[nH]1. The van der Waals surface area contributed by atoms with Gasteiger partial charge in [-0.05, 0) is 25.7 Å². The zero-order valence-electron chi connectivity index (χ0n) is 11.0. The van der Waals surface area contributed by atoms with Gasteiger partial charge in [-0.15, -0.1) is 0 Å². The molecule has 7 heteroatoms. The Morgan fingerprint density at radius 3 is 2.63 bits per heavy atom. The van der Waals surface area contributed by atoms with Gasteiger partial charge < -0.3 is 10.3 Å². The Kier molecular flexibility index (Phi) is 3.36. The van der Waals surface area contributed by atoms with E-state index in [4.69, 9.17) is 0 Å². The number of hydrogen-bond acceptors (Lipinski definition) is 4. The Hall–Kier alpha value is -0.920. The van der Waals surface area contributed by atoms with Crippen LogP contribution in [0.25, 0.3) is 0 Å². The van der Waals surface area contributed by atoms with Crippen LogP contribution in [0.4, 0.5) is 0 Å². The number of piperidine rings is 1. The lowest BCUT2D eigenvalue weighted by Crippen LogP contribution is -2.47. The van der Waals surface area contributed by atoms with Crippen LogP contribution in [0.1, 0.15) is 38.4 Å². The third kappa shape index (κ3) is 2.68. The third-order valence-electron chi connectivity index (χ3n) is 4.02. The van der Waals surface area contributed by atoms with Gasteiger partial charge in [0, 0.05) is 24.5 Å². The zero-order valence-corrected chi connectivity index (χ0v) is 11.8. The molecule has 3 rings (SSSR count). The largest absolute Gasteiger partial charge is 0.332 e. The summed E-state index contributed by atoms with van der Waals surface area (Å²) in [6.45, 7) is 1.94. The van der Waals surface area contributed by atoms with Crippen molar-refractivity contribution in [3.05, 3.63) is 12.0 Å². The van der Waals surface area contributed by atoms with Crippen molar-refractivity contribution in [3.63, 3.8) is 0 Å². The maximum absolute atomic E-state index is 12.3. The van der Waals surface area contributed by atoms with Crippen LogP contribution < -0.4 is 10.0 Å². The number of rotatable bonds is 4. The second-order valence-electron chi connectivity index (χ2n) is 5.48. The summed E-state index contributed by atoms with van der Waals surface area (Å²) in [6, 6.07) is 0.982. The van der Waals surface area contributed by atoms with E-state index in [2.05, 4.69) is 20.0 Å². The second kappa shape index (κ2) is 4.88. The first-order valence-electron chi connectivity index (χ1n) is 6.89. The lowest BCUT2D eigenvalue weighted by Gasteiger charge is -2.29. The van der Waals surface area contributed by atoms with Gasteiger partial charge in [0.2, 0.25) is 0 Å². The van der Waals surface area contributed by atoms with Gasteiger partial charge in [-0.2, -0.15) is 0 Å². The van der Waals surface area contributed by atoms with Gasteiger partial charge in [0.25, 0.3) is 10.0 Å². The number of aryl methyl sites for hydroxylation is 1. The number of hydrogen-bond donors (Lipinski definition) is 3. The Labute approximate surface area is 113 Å². The minimum atomic E-state index is -3.46. The van der Waals surface area contributed by atoms with E-state index < -0.39 is 10.0 Å². The Morgan fingerprint density at radius 1 is 1.37 bits per heavy atom. The average molecular weight is 284 g/mol. The summed E-state index contributed by atoms with van der Waals surface area (Å²) in [5, 5.41) is 3.68. The first-order chi connectivity index (χ1) is 9.06. The van der Waals surface area contributed by atoms with E-state index in [-0.39, 0.29) is 11.1 Å². The summed E-state index contributed by atoms with van der Waals surface area (Å²) in [6.07, 6.45) is 6.18. The topological polar surface area (TPSA) is 86.9 Å². The van der Waals surface area contributed by atoms with Crippen molar-refractivity contribution in [2.24, 2.45) is 0 Å². The van der Waals surface area contributed by atoms with Gasteiger partial charge in [-0.3, -0.25) is 0 Å². The Bertz CT molecular complexity index is 542. The summed E-state index contributed by atoms with van der Waals surface area (Å²) in [5.41, 5.74) is 0. The van der Waals surface area contributed by atoms with Crippen LogP contribution in [-0.2, 0) is 16.4 Å². The summed E-state index contributed by atoms with van der Waals surface area (Å²) < 4.78 is 27.3. The van der Waals surface area contributed by atoms with E-state index in [1.54, 1.807) is 0 Å². The molecule has 1 aromatic heterocycles. The molecular formula is C12H20N4O2S. The highest BCUT2D eigenvalue weighted by molar-refractivity contribution is 7.89. The number of aromatic nitrogens is 2. The van der Waals surface area contributed by atoms with Crippen LogP contribution >= 0.6 is 0 Å². The number of sulfonamides is 1. The van der Waals surface area contributed by atoms with Crippen molar-refractivity contribution >= 4 is 10.0 Å². The van der Waals surface area contributed by atoms with E-state index in [9.17, 15) is 8.42 Å². The molecule has 2 atom stereocenters. The predicted octanol–water partition coefficient (Wildman–Crippen LogP) is 0.533. The fourth-order valence-electron chi connectivity index (χ4n) is 3.10. The number of imidazole rings is 1. The molecule has 0 aromatic carbocycles. The predicted molar refractivity (Wildman–Crippen MR) is 71.3 cm³/mol. The number of aromatic amines is 1. The van der Waals surface area contributed by atoms with Crippen molar-refractivity contribution in [2.45, 2.75) is 62.2 Å². The summed E-state index contributed by atoms with van der Waals surface area (Å²) >= 11 is 0. The molecule has 0 saturated carbocycles. The number of H-pyrrole nitrogens is 1. The quantitative estimate of drug-likeness (QED) is 0.753. The minimum Gasteiger partial charge on any atom is -0.332 e. The fraction of sp³-hybridized carbons (Fsp3) is 0.750. The van der Waals surface area contributed by atoms with Gasteiger partial charge in [-0.1, -0.05) is 6.92 Å². The van der Waals surface area contributed by atoms with Gasteiger partial charge in [-0.25, -0.2) is 18.1 Å². The maximum atomic E-state index is 12.3. The van der Waals surface area contributed by atoms with Crippen LogP contribution in [0, 0.1) is 0 Å². The fourth-order valence-corrected chi connectivity index (χ4v) is 4.30. The summed E-state index contributed by atoms with van der Waals surface area (Å²) in [4.78, 5) is 6.90. The average Bonchev–Trinajstić information content (AvgIpc) is 2.96. The first kappa shape index (κ1) is 13.1. The van der Waals surface area contributed by atoms with Gasteiger partial charge >= 0.3 is 0 Å². The molecule has 2 aliphatic rings. The van der Waals surface area contributed by atoms with Gasteiger partial charge in [0.15, 0.2) is 5.03 Å². The molecule has 2 aliphatic heterocycles. The van der Waals surface area contributed by atoms with Crippen molar-refractivity contribution in [2.75, 3.05) is 0 Å². The molecule has 1 aromatic rings. The van der Waals surface area contributed by atoms with Crippen molar-refractivity contribution < 1.29 is 8.42 Å². The van der Waals surface area contributed by atoms with E-state index in [1.807, 2.05) is 6.92 Å². The molecule has 2 unspecified atom stereocenters. The molecular weight excluding hydrogens is 264 g/mol. The molecule has 2 saturated heterocycles. The summed E-state index contributed by atoms with van der Waals surface area (Å²) in [5.74, 6) is 0.700. The van der Waals surface area contributed by atoms with Crippen LogP contribution in [0.5, 0.6) is 0 Å². The lowest BCUT2D eigenvalue weighted by atomic mass is 10.0. The number of nitrogens with one attached hydrogen (secondary N) is 3. The van der Waals surface area contributed by atoms with Crippen molar-refractivity contribution in [1.82, 2.24) is 20.0 Å². The van der Waals surface area contributed by atoms with E-state index in [1.165, 1.54) is 6.20 Å². The van der Waals surface area contributed by atoms with Crippen molar-refractivity contribution in [1.29, 1.82) is 0 Å². The molecule has 106 valence electrons. The Morgan fingerprint density at radius 2 is 2.05 bits per heavy atom. The lowest BCUT2D eigenvalue weighted by molar-refractivity contribution is 0.345. The maximum Gasteiger partial charge on any atom is 0.257 e. The Balaban J connectivity index is 1.71. The summed E-state index contributed by atoms with van der Waals surface area (Å²) in [7, 11) is -3.46. The van der Waals surface area contributed by atoms with Crippen LogP contribution in [-0.4, -0.2) is 36.5 Å². The molecule has 19 heavy (non-hydrogen) atoms. The minimum absolute atomic E-state index is 0.0390. The molecule has 0 amide bonds. The van der Waals surface area contributed by atoms with Crippen LogP contribution in [0.15, 0.2) is 11.2 Å². The molecule has 0 spiro atoms. The van der Waals surface area contributed by atoms with Gasteiger partial charge in [0.05, 0.1) is 6.20 Å². The molecule has 3 heterocycles. The standard InChI is InChI=1S/C12H20N4O2S/c1-2-11-13-7-12(15-11)19(17,18)16-10-5-8-3-4-9(6-10)14-8/h7-10,14,16H,2-6H2,1H3,(H,13,15). The second-order valence-corrected chi connectivity index (χ2v) is 7.16. The highest BCUT2D eigenvalue weighted by Crippen LogP contribution is 2.27.